The number of nitrogens with one attached hydrogen (secondary N) is 1. The highest BCUT2D eigenvalue weighted by Gasteiger charge is 2.32. The summed E-state index contributed by atoms with van der Waals surface area (Å²) in [6.07, 6.45) is 5.75. The molecule has 2 heterocycles. The molecule has 0 saturated heterocycles. The minimum Gasteiger partial charge on any atom is -0.443 e. The summed E-state index contributed by atoms with van der Waals surface area (Å²) in [5, 5.41) is 3.53. The van der Waals surface area contributed by atoms with Gasteiger partial charge in [0.05, 0.1) is 11.3 Å². The largest absolute Gasteiger partial charge is 0.443 e. The molecule has 0 fully saturated rings. The lowest BCUT2D eigenvalue weighted by Gasteiger charge is -2.22. The fraction of sp³-hybridized carbons (Fsp3) is 0.462. The van der Waals surface area contributed by atoms with Crippen molar-refractivity contribution in [1.29, 1.82) is 0 Å². The predicted octanol–water partition coefficient (Wildman–Crippen LogP) is 5.35. The van der Waals surface area contributed by atoms with Gasteiger partial charge in [-0.3, -0.25) is 4.79 Å². The Kier molecular flexibility index (Phi) is 6.51. The van der Waals surface area contributed by atoms with Crippen molar-refractivity contribution in [2.45, 2.75) is 51.4 Å². The number of anilines is 1. The van der Waals surface area contributed by atoms with E-state index in [1.165, 1.54) is 17.5 Å². The Balaban J connectivity index is 1.81. The summed E-state index contributed by atoms with van der Waals surface area (Å²) in [5.41, 5.74) is 13.7. The van der Waals surface area contributed by atoms with Crippen LogP contribution >= 0.6 is 0 Å². The monoisotopic (exact) mass is 434 g/mol. The molecule has 32 heavy (non-hydrogen) atoms. The van der Waals surface area contributed by atoms with Gasteiger partial charge in [-0.05, 0) is 86.3 Å². The van der Waals surface area contributed by atoms with Crippen LogP contribution in [0.15, 0.2) is 35.1 Å². The molecular formula is C26H34N4O2. The van der Waals surface area contributed by atoms with Gasteiger partial charge >= 0.3 is 0 Å². The molecule has 1 amide bonds. The molecule has 3 N–H and O–H groups in total. The molecule has 1 aliphatic heterocycles. The molecule has 2 aromatic carbocycles. The summed E-state index contributed by atoms with van der Waals surface area (Å²) < 4.78 is 5.44. The van der Waals surface area contributed by atoms with Gasteiger partial charge in [0, 0.05) is 12.5 Å². The van der Waals surface area contributed by atoms with Crippen LogP contribution in [0.2, 0.25) is 0 Å². The number of unbranched alkanes of at least 4 members (excludes halogenated alkanes) is 1. The molecule has 0 radical (unpaired) electrons. The number of primary amides is 1. The van der Waals surface area contributed by atoms with Gasteiger partial charge in [0.1, 0.15) is 5.52 Å². The van der Waals surface area contributed by atoms with Gasteiger partial charge in [-0.15, -0.1) is 0 Å². The van der Waals surface area contributed by atoms with Crippen molar-refractivity contribution in [2.75, 3.05) is 32.5 Å². The number of nitrogens with zero attached hydrogens (tertiary/aromatic N) is 2. The Labute approximate surface area is 190 Å². The predicted molar refractivity (Wildman–Crippen MR) is 130 cm³/mol. The van der Waals surface area contributed by atoms with Crippen molar-refractivity contribution in [3.05, 3.63) is 47.3 Å². The van der Waals surface area contributed by atoms with Crippen LogP contribution in [0.4, 0.5) is 5.69 Å². The molecule has 0 bridgehead atoms. The second-order valence-corrected chi connectivity index (χ2v) is 9.26. The van der Waals surface area contributed by atoms with Gasteiger partial charge in [0.25, 0.3) is 5.91 Å². The van der Waals surface area contributed by atoms with Crippen LogP contribution in [0.5, 0.6) is 0 Å². The Bertz CT molecular complexity index is 1120. The van der Waals surface area contributed by atoms with E-state index in [0.717, 1.165) is 66.7 Å². The first-order chi connectivity index (χ1) is 15.4. The molecule has 170 valence electrons. The molecule has 2 unspecified atom stereocenters. The standard InChI is InChI=1S/C26H34N4O2/c1-5-17-14-28-25-23(17)20(18-9-10-22-21(12-18)29-15-32-22)13-19(24(25)26(27)31)16(2)8-6-7-11-30(3)4/h9-10,12-13,15-17,28H,5-8,11,14H2,1-4H3,(H2,27,31). The molecule has 2 atom stereocenters. The van der Waals surface area contributed by atoms with E-state index in [1.54, 1.807) is 0 Å². The zero-order valence-electron chi connectivity index (χ0n) is 19.6. The summed E-state index contributed by atoms with van der Waals surface area (Å²) in [5.74, 6) is 0.233. The van der Waals surface area contributed by atoms with Gasteiger partial charge < -0.3 is 20.4 Å². The molecule has 1 aliphatic rings. The van der Waals surface area contributed by atoms with Crippen LogP contribution in [0.1, 0.15) is 72.9 Å². The topological polar surface area (TPSA) is 84.4 Å². The quantitative estimate of drug-likeness (QED) is 0.444. The van der Waals surface area contributed by atoms with Crippen molar-refractivity contribution < 1.29 is 9.21 Å². The molecular weight excluding hydrogens is 400 g/mol. The number of hydrogen-bond donors (Lipinski definition) is 2. The van der Waals surface area contributed by atoms with Crippen LogP contribution in [0, 0.1) is 0 Å². The summed E-state index contributed by atoms with van der Waals surface area (Å²) in [4.78, 5) is 19.2. The summed E-state index contributed by atoms with van der Waals surface area (Å²) in [7, 11) is 4.20. The van der Waals surface area contributed by atoms with Crippen LogP contribution in [0.25, 0.3) is 22.2 Å². The second kappa shape index (κ2) is 9.33. The zero-order chi connectivity index (χ0) is 22.8. The number of amides is 1. The van der Waals surface area contributed by atoms with Crippen molar-refractivity contribution in [1.82, 2.24) is 9.88 Å². The number of carbonyl (C=O) groups excluding carboxylic acids is 1. The smallest absolute Gasteiger partial charge is 0.251 e. The second-order valence-electron chi connectivity index (χ2n) is 9.26. The number of fused-ring (bicyclic) bond motifs is 2. The van der Waals surface area contributed by atoms with Crippen LogP contribution in [-0.2, 0) is 0 Å². The van der Waals surface area contributed by atoms with E-state index in [4.69, 9.17) is 10.2 Å². The number of oxazole rings is 1. The van der Waals surface area contributed by atoms with Gasteiger partial charge in [-0.1, -0.05) is 26.3 Å². The Morgan fingerprint density at radius 2 is 2.12 bits per heavy atom. The lowest BCUT2D eigenvalue weighted by atomic mass is 9.82. The van der Waals surface area contributed by atoms with Gasteiger partial charge in [0.2, 0.25) is 0 Å². The van der Waals surface area contributed by atoms with E-state index in [1.807, 2.05) is 6.07 Å². The normalized spacial score (nSPS) is 16.3. The van der Waals surface area contributed by atoms with Crippen LogP contribution in [0.3, 0.4) is 0 Å². The Morgan fingerprint density at radius 3 is 2.84 bits per heavy atom. The van der Waals surface area contributed by atoms with E-state index in [0.29, 0.717) is 11.5 Å². The van der Waals surface area contributed by atoms with Crippen LogP contribution < -0.4 is 11.1 Å². The SMILES string of the molecule is CCC1CNc2c(C(N)=O)c(C(C)CCCCN(C)C)cc(-c3ccc4ocnc4c3)c21. The highest BCUT2D eigenvalue weighted by molar-refractivity contribution is 6.03. The van der Waals surface area contributed by atoms with E-state index in [-0.39, 0.29) is 11.8 Å². The third-order valence-electron chi connectivity index (χ3n) is 6.74. The number of nitrogens with two attached hydrogens (primary N) is 1. The van der Waals surface area contributed by atoms with Crippen molar-refractivity contribution in [3.63, 3.8) is 0 Å². The lowest BCUT2D eigenvalue weighted by molar-refractivity contribution is 0.0999. The molecule has 0 saturated carbocycles. The molecule has 0 spiro atoms. The number of rotatable bonds is 9. The Hall–Kier alpha value is -2.86. The van der Waals surface area contributed by atoms with Gasteiger partial charge in [-0.25, -0.2) is 4.98 Å². The number of hydrogen-bond acceptors (Lipinski definition) is 5. The minimum atomic E-state index is -0.348. The number of benzene rings is 2. The lowest BCUT2D eigenvalue weighted by Crippen LogP contribution is -2.18. The van der Waals surface area contributed by atoms with E-state index in [9.17, 15) is 4.79 Å². The van der Waals surface area contributed by atoms with Crippen LogP contribution in [-0.4, -0.2) is 43.0 Å². The third-order valence-corrected chi connectivity index (χ3v) is 6.74. The molecule has 6 nitrogen and oxygen atoms in total. The molecule has 3 aromatic rings. The van der Waals surface area contributed by atoms with Gasteiger partial charge in [-0.2, -0.15) is 0 Å². The van der Waals surface area contributed by atoms with E-state index in [2.05, 4.69) is 61.3 Å². The fourth-order valence-electron chi connectivity index (χ4n) is 4.95. The molecule has 0 aliphatic carbocycles. The number of aromatic nitrogens is 1. The van der Waals surface area contributed by atoms with E-state index < -0.39 is 0 Å². The van der Waals surface area contributed by atoms with Crippen molar-refractivity contribution >= 4 is 22.7 Å². The van der Waals surface area contributed by atoms with E-state index >= 15 is 0 Å². The zero-order valence-corrected chi connectivity index (χ0v) is 19.6. The summed E-state index contributed by atoms with van der Waals surface area (Å²) >= 11 is 0. The third kappa shape index (κ3) is 4.24. The highest BCUT2D eigenvalue weighted by atomic mass is 16.3. The summed E-state index contributed by atoms with van der Waals surface area (Å²) in [6.45, 7) is 6.30. The molecule has 1 aromatic heterocycles. The number of carbonyl (C=O) groups is 1. The maximum atomic E-state index is 12.6. The average Bonchev–Trinajstić information content (AvgIpc) is 3.41. The Morgan fingerprint density at radius 1 is 1.31 bits per heavy atom. The summed E-state index contributed by atoms with van der Waals surface area (Å²) in [6, 6.07) is 8.35. The minimum absolute atomic E-state index is 0.238. The van der Waals surface area contributed by atoms with Crippen molar-refractivity contribution in [2.24, 2.45) is 5.73 Å². The average molecular weight is 435 g/mol. The molecule has 4 rings (SSSR count). The maximum absolute atomic E-state index is 12.6. The fourth-order valence-corrected chi connectivity index (χ4v) is 4.95. The van der Waals surface area contributed by atoms with Crippen molar-refractivity contribution in [3.8, 4) is 11.1 Å². The first kappa shape index (κ1) is 22.3. The molecule has 6 heteroatoms. The first-order valence-electron chi connectivity index (χ1n) is 11.6. The first-order valence-corrected chi connectivity index (χ1v) is 11.6. The van der Waals surface area contributed by atoms with Gasteiger partial charge in [0.15, 0.2) is 12.0 Å². The maximum Gasteiger partial charge on any atom is 0.251 e. The highest BCUT2D eigenvalue weighted by Crippen LogP contribution is 2.46.